The molecule has 1 saturated carbocycles. The molecule has 1 aliphatic carbocycles. The first-order valence-corrected chi connectivity index (χ1v) is 11.5. The van der Waals surface area contributed by atoms with Crippen LogP contribution < -0.4 is 0 Å². The summed E-state index contributed by atoms with van der Waals surface area (Å²) < 4.78 is 2.24. The highest BCUT2D eigenvalue weighted by molar-refractivity contribution is 5.94. The first-order chi connectivity index (χ1) is 15.0. The summed E-state index contributed by atoms with van der Waals surface area (Å²) in [6, 6.07) is 15.6. The van der Waals surface area contributed by atoms with Crippen molar-refractivity contribution in [2.45, 2.75) is 58.2 Å². The zero-order chi connectivity index (χ0) is 21.5. The molecule has 31 heavy (non-hydrogen) atoms. The summed E-state index contributed by atoms with van der Waals surface area (Å²) in [5.74, 6) is 1.14. The van der Waals surface area contributed by atoms with Crippen molar-refractivity contribution in [1.29, 1.82) is 0 Å². The number of aromatic nitrogens is 2. The summed E-state index contributed by atoms with van der Waals surface area (Å²) in [4.78, 5) is 22.3. The number of hydrogen-bond donors (Lipinski definition) is 0. The van der Waals surface area contributed by atoms with Crippen molar-refractivity contribution >= 4 is 16.9 Å². The van der Waals surface area contributed by atoms with Gasteiger partial charge >= 0.3 is 0 Å². The highest BCUT2D eigenvalue weighted by Crippen LogP contribution is 2.29. The van der Waals surface area contributed by atoms with Crippen LogP contribution >= 0.6 is 0 Å². The fourth-order valence-electron chi connectivity index (χ4n) is 5.03. The van der Waals surface area contributed by atoms with Gasteiger partial charge in [0.1, 0.15) is 5.82 Å². The van der Waals surface area contributed by atoms with Gasteiger partial charge in [-0.15, -0.1) is 0 Å². The van der Waals surface area contributed by atoms with E-state index in [2.05, 4.69) is 53.6 Å². The lowest BCUT2D eigenvalue weighted by Gasteiger charge is -2.35. The maximum atomic E-state index is 13.1. The predicted octanol–water partition coefficient (Wildman–Crippen LogP) is 4.40. The maximum Gasteiger partial charge on any atom is 0.253 e. The average molecular weight is 417 g/mol. The quantitative estimate of drug-likeness (QED) is 0.619. The molecule has 1 atom stereocenters. The van der Waals surface area contributed by atoms with Gasteiger partial charge in [0.25, 0.3) is 5.91 Å². The van der Waals surface area contributed by atoms with Gasteiger partial charge in [0, 0.05) is 44.3 Å². The van der Waals surface area contributed by atoms with Crippen molar-refractivity contribution < 1.29 is 4.79 Å². The van der Waals surface area contributed by atoms with Crippen LogP contribution in [0.2, 0.25) is 0 Å². The number of imidazole rings is 1. The largest absolute Gasteiger partial charge is 0.337 e. The molecule has 162 valence electrons. The molecule has 0 radical (unpaired) electrons. The zero-order valence-electron chi connectivity index (χ0n) is 18.8. The maximum absolute atomic E-state index is 13.1. The normalized spacial score (nSPS) is 19.6. The Bertz CT molecular complexity index is 1100. The summed E-state index contributed by atoms with van der Waals surface area (Å²) in [5, 5.41) is 0. The average Bonchev–Trinajstić information content (AvgIpc) is 3.31. The second-order valence-corrected chi connectivity index (χ2v) is 9.37. The lowest BCUT2D eigenvalue weighted by atomic mass is 9.92. The Balaban J connectivity index is 1.27. The second-order valence-electron chi connectivity index (χ2n) is 9.37. The Kier molecular flexibility index (Phi) is 5.30. The van der Waals surface area contributed by atoms with Crippen LogP contribution in [0.15, 0.2) is 42.5 Å². The van der Waals surface area contributed by atoms with Crippen LogP contribution in [-0.4, -0.2) is 57.5 Å². The molecule has 5 rings (SSSR count). The molecule has 2 aliphatic rings. The molecule has 1 aliphatic heterocycles. The van der Waals surface area contributed by atoms with E-state index in [4.69, 9.17) is 4.98 Å². The molecule has 1 aromatic heterocycles. The van der Waals surface area contributed by atoms with Crippen molar-refractivity contribution in [3.05, 3.63) is 65.0 Å². The third-order valence-corrected chi connectivity index (χ3v) is 7.29. The minimum absolute atomic E-state index is 0.131. The zero-order valence-corrected chi connectivity index (χ0v) is 18.8. The lowest BCUT2D eigenvalue weighted by Crippen LogP contribution is -2.43. The number of amides is 1. The standard InChI is InChI=1S/C26H32N4O/c1-18-7-12-25-24(15-18)27-19(2)30(25)16-20-8-10-21(11-9-20)26(31)28(3)23-13-14-29(17-23)22-5-4-6-22/h7-12,15,22-23H,4-6,13-14,16-17H2,1-3H3. The minimum atomic E-state index is 0.131. The van der Waals surface area contributed by atoms with Gasteiger partial charge in [0.15, 0.2) is 0 Å². The highest BCUT2D eigenvalue weighted by atomic mass is 16.2. The van der Waals surface area contributed by atoms with E-state index in [-0.39, 0.29) is 5.91 Å². The van der Waals surface area contributed by atoms with E-state index in [1.165, 1.54) is 30.4 Å². The van der Waals surface area contributed by atoms with Crippen LogP contribution in [0.25, 0.3) is 11.0 Å². The van der Waals surface area contributed by atoms with Crippen LogP contribution in [-0.2, 0) is 6.54 Å². The molecule has 5 heteroatoms. The fraction of sp³-hybridized carbons (Fsp3) is 0.462. The van der Waals surface area contributed by atoms with Gasteiger partial charge in [-0.25, -0.2) is 4.98 Å². The number of hydrogen-bond acceptors (Lipinski definition) is 3. The third kappa shape index (κ3) is 3.87. The SMILES string of the molecule is Cc1ccc2c(c1)nc(C)n2Cc1ccc(C(=O)N(C)C2CCN(C3CCC3)C2)cc1. The first kappa shape index (κ1) is 20.3. The van der Waals surface area contributed by atoms with E-state index in [9.17, 15) is 4.79 Å². The second kappa shape index (κ2) is 8.12. The molecule has 0 spiro atoms. The Labute approximate surface area is 184 Å². The van der Waals surface area contributed by atoms with Crippen molar-refractivity contribution in [3.63, 3.8) is 0 Å². The number of rotatable bonds is 5. The molecular weight excluding hydrogens is 384 g/mol. The molecule has 2 fully saturated rings. The van der Waals surface area contributed by atoms with Crippen molar-refractivity contribution in [2.75, 3.05) is 20.1 Å². The number of benzene rings is 2. The number of carbonyl (C=O) groups is 1. The van der Waals surface area contributed by atoms with E-state index in [1.807, 2.05) is 24.1 Å². The topological polar surface area (TPSA) is 41.4 Å². The molecule has 1 amide bonds. The van der Waals surface area contributed by atoms with E-state index >= 15 is 0 Å². The van der Waals surface area contributed by atoms with E-state index in [1.54, 1.807) is 0 Å². The predicted molar refractivity (Wildman–Crippen MR) is 124 cm³/mol. The third-order valence-electron chi connectivity index (χ3n) is 7.29. The minimum Gasteiger partial charge on any atom is -0.337 e. The summed E-state index contributed by atoms with van der Waals surface area (Å²) in [7, 11) is 1.97. The molecule has 2 aromatic carbocycles. The van der Waals surface area contributed by atoms with E-state index in [0.717, 1.165) is 54.5 Å². The van der Waals surface area contributed by atoms with E-state index < -0.39 is 0 Å². The van der Waals surface area contributed by atoms with Crippen LogP contribution in [0.3, 0.4) is 0 Å². The van der Waals surface area contributed by atoms with Crippen LogP contribution in [0.4, 0.5) is 0 Å². The molecule has 2 heterocycles. The lowest BCUT2D eigenvalue weighted by molar-refractivity contribution is 0.0720. The van der Waals surface area contributed by atoms with Gasteiger partial charge in [0.2, 0.25) is 0 Å². The molecule has 1 saturated heterocycles. The van der Waals surface area contributed by atoms with Crippen molar-refractivity contribution in [1.82, 2.24) is 19.4 Å². The molecule has 1 unspecified atom stereocenters. The van der Waals surface area contributed by atoms with Gasteiger partial charge in [-0.1, -0.05) is 24.6 Å². The van der Waals surface area contributed by atoms with Gasteiger partial charge in [-0.2, -0.15) is 0 Å². The molecule has 3 aromatic rings. The van der Waals surface area contributed by atoms with Crippen LogP contribution in [0, 0.1) is 13.8 Å². The highest BCUT2D eigenvalue weighted by Gasteiger charge is 2.34. The van der Waals surface area contributed by atoms with E-state index in [0.29, 0.717) is 6.04 Å². The summed E-state index contributed by atoms with van der Waals surface area (Å²) in [6.07, 6.45) is 5.11. The van der Waals surface area contributed by atoms with Crippen molar-refractivity contribution in [2.24, 2.45) is 0 Å². The Morgan fingerprint density at radius 3 is 2.58 bits per heavy atom. The number of nitrogens with zero attached hydrogens (tertiary/aromatic N) is 4. The summed E-state index contributed by atoms with van der Waals surface area (Å²) in [6.45, 7) is 7.06. The summed E-state index contributed by atoms with van der Waals surface area (Å²) >= 11 is 0. The van der Waals surface area contributed by atoms with Gasteiger partial charge in [0.05, 0.1) is 11.0 Å². The van der Waals surface area contributed by atoms with Crippen LogP contribution in [0.5, 0.6) is 0 Å². The number of likely N-dealkylation sites (N-methyl/N-ethyl adjacent to an activating group) is 1. The molecule has 0 bridgehead atoms. The smallest absolute Gasteiger partial charge is 0.253 e. The number of aryl methyl sites for hydroxylation is 2. The van der Waals surface area contributed by atoms with Crippen LogP contribution in [0.1, 0.15) is 53.0 Å². The van der Waals surface area contributed by atoms with Crippen molar-refractivity contribution in [3.8, 4) is 0 Å². The number of likely N-dealkylation sites (tertiary alicyclic amines) is 1. The fourth-order valence-corrected chi connectivity index (χ4v) is 5.03. The summed E-state index contributed by atoms with van der Waals surface area (Å²) in [5.41, 5.74) is 5.37. The number of fused-ring (bicyclic) bond motifs is 1. The Morgan fingerprint density at radius 1 is 1.10 bits per heavy atom. The monoisotopic (exact) mass is 416 g/mol. The number of carbonyl (C=O) groups excluding carboxylic acids is 1. The Hall–Kier alpha value is -2.66. The first-order valence-electron chi connectivity index (χ1n) is 11.5. The molecule has 0 N–H and O–H groups in total. The van der Waals surface area contributed by atoms with Gasteiger partial charge in [-0.3, -0.25) is 9.69 Å². The molecular formula is C26H32N4O. The van der Waals surface area contributed by atoms with Gasteiger partial charge in [-0.05, 0) is 68.5 Å². The molecule has 5 nitrogen and oxygen atoms in total. The van der Waals surface area contributed by atoms with Gasteiger partial charge < -0.3 is 9.47 Å². The Morgan fingerprint density at radius 2 is 1.87 bits per heavy atom.